The van der Waals surface area contributed by atoms with E-state index in [4.69, 9.17) is 18.5 Å². The number of rotatable bonds is 40. The average molecular weight is 874 g/mol. The van der Waals surface area contributed by atoms with Gasteiger partial charge < -0.3 is 33.0 Å². The Morgan fingerprint density at radius 2 is 1.11 bits per heavy atom. The van der Waals surface area contributed by atoms with Crippen LogP contribution in [0.4, 0.5) is 0 Å². The first-order valence-electron chi connectivity index (χ1n) is 23.1. The van der Waals surface area contributed by atoms with Gasteiger partial charge in [0.05, 0.1) is 33.9 Å². The molecule has 0 spiro atoms. The van der Waals surface area contributed by atoms with Gasteiger partial charge in [-0.15, -0.1) is 0 Å². The molecule has 1 unspecified atom stereocenters. The smallest absolute Gasteiger partial charge is 0.306 e. The molecule has 0 bridgehead atoms. The fraction of sp³-hybridized carbons (Fsp3) is 0.640. The van der Waals surface area contributed by atoms with Crippen molar-refractivity contribution in [2.45, 2.75) is 161 Å². The van der Waals surface area contributed by atoms with Crippen molar-refractivity contribution in [2.24, 2.45) is 0 Å². The molecule has 3 atom stereocenters. The van der Waals surface area contributed by atoms with Crippen LogP contribution in [0.15, 0.2) is 97.2 Å². The average Bonchev–Trinajstić information content (AvgIpc) is 3.21. The van der Waals surface area contributed by atoms with Gasteiger partial charge in [0.1, 0.15) is 19.8 Å². The Kier molecular flexibility index (Phi) is 38.8. The first kappa shape index (κ1) is 57.9. The van der Waals surface area contributed by atoms with E-state index in [2.05, 4.69) is 68.5 Å². The van der Waals surface area contributed by atoms with Crippen LogP contribution in [0.5, 0.6) is 0 Å². The van der Waals surface area contributed by atoms with E-state index in [1.165, 1.54) is 44.9 Å². The highest BCUT2D eigenvalue weighted by Crippen LogP contribution is 2.38. The lowest BCUT2D eigenvalue weighted by Crippen LogP contribution is -2.37. The Hall–Kier alpha value is -3.11. The molecule has 0 radical (unpaired) electrons. The standard InChI is InChI=1S/C50H84NO9P/c1-6-8-10-12-14-15-16-17-18-19-20-21-22-23-24-25-29-34-38-42-50(54)60-48(46-59-61(55,56)58-44-43-51(3,4)5)45-57-49(53)41-37-33-30-26-28-32-36-40-47(52)39-35-31-27-13-11-9-7-2/h14-15,17-18,20-21,23-24,26-27,30-32,35-36,39,47-48,52H,6-13,16,19,22,25,28-29,33-34,37-38,40-46H2,1-5H3/b15-14-,18-17-,21-20-,24-23-,30-26+,31-27-,36-32-,39-35-/t47-,48-/m1/s1. The Morgan fingerprint density at radius 1 is 0.607 bits per heavy atom. The predicted molar refractivity (Wildman–Crippen MR) is 251 cm³/mol. The van der Waals surface area contributed by atoms with Gasteiger partial charge in [0.2, 0.25) is 0 Å². The topological polar surface area (TPSA) is 131 Å². The number of likely N-dealkylation sites (N-methyl/N-ethyl adjacent to an activating group) is 1. The number of ether oxygens (including phenoxy) is 2. The summed E-state index contributed by atoms with van der Waals surface area (Å²) in [7, 11) is 1.06. The number of aliphatic hydroxyl groups excluding tert-OH is 1. The molecule has 0 fully saturated rings. The van der Waals surface area contributed by atoms with E-state index in [1.807, 2.05) is 57.6 Å². The van der Waals surface area contributed by atoms with Crippen LogP contribution in [0, 0.1) is 0 Å². The highest BCUT2D eigenvalue weighted by molar-refractivity contribution is 7.45. The van der Waals surface area contributed by atoms with Crippen LogP contribution in [0.1, 0.15) is 149 Å². The number of carbonyl (C=O) groups is 2. The van der Waals surface area contributed by atoms with Crippen LogP contribution in [0.25, 0.3) is 0 Å². The van der Waals surface area contributed by atoms with E-state index < -0.39 is 38.6 Å². The molecule has 0 aliphatic carbocycles. The molecule has 0 saturated heterocycles. The zero-order valence-corrected chi connectivity index (χ0v) is 39.6. The summed E-state index contributed by atoms with van der Waals surface area (Å²) in [5, 5.41) is 10.1. The van der Waals surface area contributed by atoms with E-state index in [9.17, 15) is 24.2 Å². The van der Waals surface area contributed by atoms with Gasteiger partial charge in [-0.05, 0) is 89.9 Å². The zero-order chi connectivity index (χ0) is 45.1. The molecule has 11 heteroatoms. The number of allylic oxidation sites excluding steroid dienone is 14. The van der Waals surface area contributed by atoms with Gasteiger partial charge in [-0.2, -0.15) is 0 Å². The maximum atomic E-state index is 12.7. The molecule has 348 valence electrons. The van der Waals surface area contributed by atoms with Gasteiger partial charge >= 0.3 is 11.9 Å². The minimum Gasteiger partial charge on any atom is -0.756 e. The molecule has 1 N–H and O–H groups in total. The van der Waals surface area contributed by atoms with E-state index in [0.29, 0.717) is 36.7 Å². The maximum absolute atomic E-state index is 12.7. The van der Waals surface area contributed by atoms with Crippen LogP contribution in [-0.4, -0.2) is 81.2 Å². The lowest BCUT2D eigenvalue weighted by molar-refractivity contribution is -0.870. The maximum Gasteiger partial charge on any atom is 0.306 e. The van der Waals surface area contributed by atoms with Gasteiger partial charge in [0.15, 0.2) is 6.10 Å². The van der Waals surface area contributed by atoms with Crippen LogP contribution in [0.2, 0.25) is 0 Å². The van der Waals surface area contributed by atoms with E-state index in [1.54, 1.807) is 6.08 Å². The van der Waals surface area contributed by atoms with E-state index >= 15 is 0 Å². The number of phosphoric ester groups is 1. The van der Waals surface area contributed by atoms with Crippen molar-refractivity contribution >= 4 is 19.8 Å². The minimum absolute atomic E-state index is 0.0619. The van der Waals surface area contributed by atoms with Crippen molar-refractivity contribution in [3.05, 3.63) is 97.2 Å². The van der Waals surface area contributed by atoms with Gasteiger partial charge in [-0.25, -0.2) is 0 Å². The Balaban J connectivity index is 4.57. The van der Waals surface area contributed by atoms with Crippen molar-refractivity contribution in [2.75, 3.05) is 47.5 Å². The molecule has 0 saturated carbocycles. The molecule has 0 aliphatic heterocycles. The van der Waals surface area contributed by atoms with Crippen molar-refractivity contribution in [3.63, 3.8) is 0 Å². The van der Waals surface area contributed by atoms with Crippen molar-refractivity contribution < 1.29 is 47.2 Å². The number of carbonyl (C=O) groups excluding carboxylic acids is 2. The minimum atomic E-state index is -4.67. The number of phosphoric acid groups is 1. The van der Waals surface area contributed by atoms with Gasteiger partial charge in [-0.1, -0.05) is 143 Å². The molecule has 0 aromatic heterocycles. The fourth-order valence-electron chi connectivity index (χ4n) is 5.47. The second kappa shape index (κ2) is 40.9. The third-order valence-electron chi connectivity index (χ3n) is 9.16. The van der Waals surface area contributed by atoms with Crippen LogP contribution < -0.4 is 4.89 Å². The molecular formula is C50H84NO9P. The second-order valence-corrected chi connectivity index (χ2v) is 17.7. The molecule has 61 heavy (non-hydrogen) atoms. The van der Waals surface area contributed by atoms with Crippen molar-refractivity contribution in [3.8, 4) is 0 Å². The zero-order valence-electron chi connectivity index (χ0n) is 38.7. The van der Waals surface area contributed by atoms with Gasteiger partial charge in [0.25, 0.3) is 7.82 Å². The quantitative estimate of drug-likeness (QED) is 0.0160. The lowest BCUT2D eigenvalue weighted by Gasteiger charge is -2.28. The summed E-state index contributed by atoms with van der Waals surface area (Å²) in [4.78, 5) is 37.6. The highest BCUT2D eigenvalue weighted by atomic mass is 31.2. The molecule has 0 aliphatic rings. The fourth-order valence-corrected chi connectivity index (χ4v) is 6.20. The number of nitrogens with zero attached hydrogens (tertiary/aromatic N) is 1. The summed E-state index contributed by atoms with van der Waals surface area (Å²) < 4.78 is 33.8. The number of unbranched alkanes of at least 4 members (excludes halogenated alkanes) is 10. The van der Waals surface area contributed by atoms with Crippen LogP contribution in [-0.2, 0) is 32.7 Å². The first-order valence-corrected chi connectivity index (χ1v) is 24.5. The molecule has 0 amide bonds. The Morgan fingerprint density at radius 3 is 1.69 bits per heavy atom. The predicted octanol–water partition coefficient (Wildman–Crippen LogP) is 11.7. The summed E-state index contributed by atoms with van der Waals surface area (Å²) in [6, 6.07) is 0. The number of hydrogen-bond acceptors (Lipinski definition) is 9. The summed E-state index contributed by atoms with van der Waals surface area (Å²) in [5.74, 6) is -0.988. The number of quaternary nitrogens is 1. The van der Waals surface area contributed by atoms with Crippen molar-refractivity contribution in [1.82, 2.24) is 0 Å². The second-order valence-electron chi connectivity index (χ2n) is 16.3. The van der Waals surface area contributed by atoms with Crippen LogP contribution >= 0.6 is 7.82 Å². The van der Waals surface area contributed by atoms with Gasteiger partial charge in [0, 0.05) is 12.8 Å². The largest absolute Gasteiger partial charge is 0.756 e. The third kappa shape index (κ3) is 44.7. The molecule has 0 aromatic rings. The number of hydrogen-bond donors (Lipinski definition) is 1. The van der Waals surface area contributed by atoms with E-state index in [-0.39, 0.29) is 26.1 Å². The Labute approximate surface area is 371 Å². The molecular weight excluding hydrogens is 790 g/mol. The monoisotopic (exact) mass is 874 g/mol. The normalized spacial score (nSPS) is 14.9. The molecule has 10 nitrogen and oxygen atoms in total. The molecule has 0 rings (SSSR count). The SMILES string of the molecule is CCCCC/C=C\C=C/[C@@H](O)C/C=C\C/C=C/CCCC(=O)OC[C@H](COP(=O)([O-])OCC[N+](C)(C)C)OC(=O)CCCCC/C=C\C/C=C\C/C=C\C/C=C\CCCCC. The number of esters is 2. The Bertz CT molecular complexity index is 1370. The molecule has 0 heterocycles. The first-order chi connectivity index (χ1) is 29.4. The van der Waals surface area contributed by atoms with E-state index in [0.717, 1.165) is 51.4 Å². The van der Waals surface area contributed by atoms with Crippen molar-refractivity contribution in [1.29, 1.82) is 0 Å². The van der Waals surface area contributed by atoms with Crippen LogP contribution in [0.3, 0.4) is 0 Å². The summed E-state index contributed by atoms with van der Waals surface area (Å²) in [6.07, 6.45) is 50.3. The van der Waals surface area contributed by atoms with Gasteiger partial charge in [-0.3, -0.25) is 14.2 Å². The molecule has 0 aromatic carbocycles. The summed E-state index contributed by atoms with van der Waals surface area (Å²) >= 11 is 0. The highest BCUT2D eigenvalue weighted by Gasteiger charge is 2.21. The lowest BCUT2D eigenvalue weighted by atomic mass is 10.1. The third-order valence-corrected chi connectivity index (χ3v) is 10.1. The summed E-state index contributed by atoms with van der Waals surface area (Å²) in [5.41, 5.74) is 0. The summed E-state index contributed by atoms with van der Waals surface area (Å²) in [6.45, 7) is 3.95. The number of aliphatic hydroxyl groups is 1.